The highest BCUT2D eigenvalue weighted by Crippen LogP contribution is 2.13. The number of hydrogen-bond donors (Lipinski definition) is 3. The number of nitrogens with one attached hydrogen (secondary N) is 2. The van der Waals surface area contributed by atoms with Gasteiger partial charge in [0.05, 0.1) is 18.1 Å². The van der Waals surface area contributed by atoms with E-state index in [0.29, 0.717) is 6.42 Å². The van der Waals surface area contributed by atoms with E-state index in [-0.39, 0.29) is 66.4 Å². The number of amides is 1. The van der Waals surface area contributed by atoms with Gasteiger partial charge in [-0.25, -0.2) is 8.42 Å². The SMILES string of the molecule is Cc1cc(C)cc(NC(N)=NCCC(=O)NC2CCS(=O)(=O)C2)c1.I. The first-order chi connectivity index (χ1) is 11.2. The number of carbonyl (C=O) groups is 1. The third-order valence-electron chi connectivity index (χ3n) is 3.71. The number of guanidine groups is 1. The van der Waals surface area contributed by atoms with E-state index in [1.165, 1.54) is 0 Å². The minimum atomic E-state index is -2.99. The molecule has 1 fully saturated rings. The topological polar surface area (TPSA) is 114 Å². The summed E-state index contributed by atoms with van der Waals surface area (Å²) in [5.74, 6) is 0.206. The minimum Gasteiger partial charge on any atom is -0.370 e. The molecule has 0 radical (unpaired) electrons. The van der Waals surface area contributed by atoms with Gasteiger partial charge in [0.1, 0.15) is 0 Å². The molecule has 1 aliphatic heterocycles. The number of carbonyl (C=O) groups excluding carboxylic acids is 1. The van der Waals surface area contributed by atoms with Gasteiger partial charge in [-0.05, 0) is 43.5 Å². The lowest BCUT2D eigenvalue weighted by molar-refractivity contribution is -0.121. The number of aryl methyl sites for hydroxylation is 2. The van der Waals surface area contributed by atoms with E-state index < -0.39 is 9.84 Å². The Bertz CT molecular complexity index is 729. The maximum Gasteiger partial charge on any atom is 0.222 e. The van der Waals surface area contributed by atoms with Gasteiger partial charge in [0.2, 0.25) is 5.91 Å². The van der Waals surface area contributed by atoms with Gasteiger partial charge in [0.15, 0.2) is 15.8 Å². The molecule has 1 unspecified atom stereocenters. The number of nitrogens with zero attached hydrogens (tertiary/aromatic N) is 1. The van der Waals surface area contributed by atoms with Crippen LogP contribution in [0.3, 0.4) is 0 Å². The van der Waals surface area contributed by atoms with Crippen LogP contribution < -0.4 is 16.4 Å². The summed E-state index contributed by atoms with van der Waals surface area (Å²) in [6.45, 7) is 4.24. The van der Waals surface area contributed by atoms with Crippen LogP contribution >= 0.6 is 24.0 Å². The van der Waals surface area contributed by atoms with Crippen LogP contribution in [-0.2, 0) is 14.6 Å². The number of halogens is 1. The second-order valence-corrected chi connectivity index (χ2v) is 8.41. The summed E-state index contributed by atoms with van der Waals surface area (Å²) < 4.78 is 22.7. The summed E-state index contributed by atoms with van der Waals surface area (Å²) in [7, 11) is -2.99. The molecule has 1 aromatic rings. The molecular formula is C16H25IN4O3S. The number of anilines is 1. The Balaban J connectivity index is 0.00000312. The van der Waals surface area contributed by atoms with E-state index in [2.05, 4.69) is 21.7 Å². The first kappa shape index (κ1) is 21.7. The minimum absolute atomic E-state index is 0. The van der Waals surface area contributed by atoms with Crippen LogP contribution in [0.2, 0.25) is 0 Å². The van der Waals surface area contributed by atoms with Gasteiger partial charge in [-0.15, -0.1) is 24.0 Å². The van der Waals surface area contributed by atoms with Crippen LogP contribution in [0.15, 0.2) is 23.2 Å². The summed E-state index contributed by atoms with van der Waals surface area (Å²) in [6.07, 6.45) is 0.652. The Morgan fingerprint density at radius 2 is 1.92 bits per heavy atom. The first-order valence-electron chi connectivity index (χ1n) is 7.88. The van der Waals surface area contributed by atoms with Crippen LogP contribution in [0, 0.1) is 13.8 Å². The van der Waals surface area contributed by atoms with Crippen molar-refractivity contribution in [3.05, 3.63) is 29.3 Å². The molecule has 0 saturated carbocycles. The van der Waals surface area contributed by atoms with Gasteiger partial charge >= 0.3 is 0 Å². The van der Waals surface area contributed by atoms with E-state index in [1.807, 2.05) is 26.0 Å². The zero-order valence-electron chi connectivity index (χ0n) is 14.4. The van der Waals surface area contributed by atoms with Crippen molar-refractivity contribution in [2.75, 3.05) is 23.4 Å². The molecule has 140 valence electrons. The smallest absolute Gasteiger partial charge is 0.222 e. The summed E-state index contributed by atoms with van der Waals surface area (Å²) >= 11 is 0. The molecular weight excluding hydrogens is 455 g/mol. The summed E-state index contributed by atoms with van der Waals surface area (Å²) in [5, 5.41) is 5.72. The van der Waals surface area contributed by atoms with Crippen molar-refractivity contribution in [1.82, 2.24) is 5.32 Å². The maximum atomic E-state index is 11.8. The van der Waals surface area contributed by atoms with Crippen LogP contribution in [0.4, 0.5) is 5.69 Å². The average Bonchev–Trinajstić information content (AvgIpc) is 2.76. The van der Waals surface area contributed by atoms with Crippen molar-refractivity contribution < 1.29 is 13.2 Å². The normalized spacial score (nSPS) is 19.1. The molecule has 0 bridgehead atoms. The zero-order chi connectivity index (χ0) is 17.7. The first-order valence-corrected chi connectivity index (χ1v) is 9.71. The van der Waals surface area contributed by atoms with Crippen molar-refractivity contribution in [2.45, 2.75) is 32.7 Å². The molecule has 1 aromatic carbocycles. The fourth-order valence-corrected chi connectivity index (χ4v) is 4.39. The molecule has 25 heavy (non-hydrogen) atoms. The molecule has 4 N–H and O–H groups in total. The van der Waals surface area contributed by atoms with Gasteiger partial charge in [-0.2, -0.15) is 0 Å². The molecule has 1 amide bonds. The second-order valence-electron chi connectivity index (χ2n) is 6.19. The summed E-state index contributed by atoms with van der Waals surface area (Å²) in [4.78, 5) is 15.9. The number of nitrogens with two attached hydrogens (primary N) is 1. The largest absolute Gasteiger partial charge is 0.370 e. The van der Waals surface area contributed by atoms with Gasteiger partial charge < -0.3 is 16.4 Å². The highest BCUT2D eigenvalue weighted by Gasteiger charge is 2.28. The third-order valence-corrected chi connectivity index (χ3v) is 5.48. The molecule has 1 aliphatic rings. The van der Waals surface area contributed by atoms with Gasteiger partial charge in [-0.3, -0.25) is 9.79 Å². The van der Waals surface area contributed by atoms with E-state index >= 15 is 0 Å². The van der Waals surface area contributed by atoms with Gasteiger partial charge in [0.25, 0.3) is 0 Å². The van der Waals surface area contributed by atoms with Crippen LogP contribution in [0.1, 0.15) is 24.0 Å². The van der Waals surface area contributed by atoms with Gasteiger partial charge in [0, 0.05) is 18.2 Å². The van der Waals surface area contributed by atoms with Crippen LogP contribution in [0.5, 0.6) is 0 Å². The molecule has 0 aromatic heterocycles. The van der Waals surface area contributed by atoms with Crippen molar-refractivity contribution in [1.29, 1.82) is 0 Å². The van der Waals surface area contributed by atoms with E-state index in [4.69, 9.17) is 5.73 Å². The second kappa shape index (κ2) is 9.37. The van der Waals surface area contributed by atoms with E-state index in [0.717, 1.165) is 16.8 Å². The van der Waals surface area contributed by atoms with Crippen molar-refractivity contribution in [2.24, 2.45) is 10.7 Å². The molecule has 0 aliphatic carbocycles. The van der Waals surface area contributed by atoms with Crippen LogP contribution in [-0.4, -0.2) is 44.4 Å². The molecule has 9 heteroatoms. The quantitative estimate of drug-likeness (QED) is 0.335. The molecule has 2 rings (SSSR count). The lowest BCUT2D eigenvalue weighted by Gasteiger charge is -2.10. The predicted octanol–water partition coefficient (Wildman–Crippen LogP) is 1.34. The van der Waals surface area contributed by atoms with Gasteiger partial charge in [-0.1, -0.05) is 6.07 Å². The molecule has 1 heterocycles. The predicted molar refractivity (Wildman–Crippen MR) is 111 cm³/mol. The van der Waals surface area contributed by atoms with E-state index in [9.17, 15) is 13.2 Å². The average molecular weight is 480 g/mol. The fourth-order valence-electron chi connectivity index (χ4n) is 2.72. The fraction of sp³-hybridized carbons (Fsp3) is 0.500. The molecule has 0 spiro atoms. The Labute approximate surface area is 165 Å². The molecule has 7 nitrogen and oxygen atoms in total. The zero-order valence-corrected chi connectivity index (χ0v) is 17.6. The third kappa shape index (κ3) is 7.59. The highest BCUT2D eigenvalue weighted by molar-refractivity contribution is 14.0. The number of aliphatic imine (C=N–C) groups is 1. The van der Waals surface area contributed by atoms with Crippen molar-refractivity contribution in [3.63, 3.8) is 0 Å². The number of hydrogen-bond acceptors (Lipinski definition) is 4. The molecule has 1 saturated heterocycles. The lowest BCUT2D eigenvalue weighted by Crippen LogP contribution is -2.36. The molecule has 1 atom stereocenters. The highest BCUT2D eigenvalue weighted by atomic mass is 127. The number of benzene rings is 1. The van der Waals surface area contributed by atoms with Crippen LogP contribution in [0.25, 0.3) is 0 Å². The summed E-state index contributed by atoms with van der Waals surface area (Å²) in [5.41, 5.74) is 8.92. The summed E-state index contributed by atoms with van der Waals surface area (Å²) in [6, 6.07) is 5.70. The monoisotopic (exact) mass is 480 g/mol. The Hall–Kier alpha value is -1.36. The lowest BCUT2D eigenvalue weighted by atomic mass is 10.1. The Morgan fingerprint density at radius 3 is 2.48 bits per heavy atom. The Kier molecular flexibility index (Phi) is 8.13. The van der Waals surface area contributed by atoms with Crippen molar-refractivity contribution in [3.8, 4) is 0 Å². The van der Waals surface area contributed by atoms with Crippen molar-refractivity contribution >= 4 is 51.4 Å². The van der Waals surface area contributed by atoms with E-state index in [1.54, 1.807) is 0 Å². The standard InChI is InChI=1S/C16H24N4O3S.HI/c1-11-7-12(2)9-14(8-11)20-16(17)18-5-3-15(21)19-13-4-6-24(22,23)10-13;/h7-9,13H,3-6,10H2,1-2H3,(H,19,21)(H3,17,18,20);1H. The maximum absolute atomic E-state index is 11.8. The Morgan fingerprint density at radius 1 is 1.28 bits per heavy atom. The number of rotatable bonds is 5. The number of sulfone groups is 1.